The molecule has 1 aromatic heterocycles. The molecular formula is C27H28FN5O8S. The summed E-state index contributed by atoms with van der Waals surface area (Å²) >= 11 is 1.14. The minimum Gasteiger partial charge on any atom is -0.477 e. The standard InChI is InChI=1S/C27H28FN5O8S/c1-12(34)20-23(36)33-21(26(39)40)19(42-24(20)33)10-29-27(41)31-6-4-30(5-7-31)18-9-17-14(8-16(18)28)22(35)15(25(37)38)11-32(17)13-2-3-13/h8-9,11-13,20,24,34H,2-7,10H2,1H3,(H,29,41)(H,37,38)(H,39,40)/t12-,20-,24-/m1/s1. The van der Waals surface area contributed by atoms with Gasteiger partial charge in [-0.15, -0.1) is 0 Å². The molecule has 13 nitrogen and oxygen atoms in total. The molecule has 3 fully saturated rings. The molecule has 222 valence electrons. The van der Waals surface area contributed by atoms with Crippen LogP contribution in [0.25, 0.3) is 10.9 Å². The second kappa shape index (κ2) is 10.3. The van der Waals surface area contributed by atoms with Gasteiger partial charge in [0.25, 0.3) is 0 Å². The zero-order chi connectivity index (χ0) is 30.0. The van der Waals surface area contributed by atoms with Crippen molar-refractivity contribution in [2.75, 3.05) is 37.6 Å². The maximum absolute atomic E-state index is 15.3. The SMILES string of the molecule is C[C@@H](O)[C@@H]1C(=O)N2C(C(=O)O)=C(CNC(=O)N3CCN(c4cc5c(cc4F)c(=O)c(C(=O)O)cn5C4CC4)CC3)S[C@H]12. The number of β-lactam (4-membered cyclic amide) rings is 1. The summed E-state index contributed by atoms with van der Waals surface area (Å²) in [6.45, 7) is 2.43. The maximum Gasteiger partial charge on any atom is 0.353 e. The molecule has 0 radical (unpaired) electrons. The zero-order valence-electron chi connectivity index (χ0n) is 22.4. The molecule has 0 bridgehead atoms. The highest BCUT2D eigenvalue weighted by Gasteiger charge is 2.57. The lowest BCUT2D eigenvalue weighted by Crippen LogP contribution is -2.60. The Morgan fingerprint density at radius 2 is 1.79 bits per heavy atom. The van der Waals surface area contributed by atoms with Crippen molar-refractivity contribution >= 4 is 52.2 Å². The van der Waals surface area contributed by atoms with E-state index in [0.717, 1.165) is 35.6 Å². The third kappa shape index (κ3) is 4.56. The average molecular weight is 602 g/mol. The summed E-state index contributed by atoms with van der Waals surface area (Å²) in [6.07, 6.45) is 2.06. The lowest BCUT2D eigenvalue weighted by molar-refractivity contribution is -0.156. The highest BCUT2D eigenvalue weighted by atomic mass is 32.2. The van der Waals surface area contributed by atoms with E-state index in [0.29, 0.717) is 10.4 Å². The number of fused-ring (bicyclic) bond motifs is 2. The van der Waals surface area contributed by atoms with Crippen molar-refractivity contribution in [2.24, 2.45) is 5.92 Å². The Labute approximate surface area is 242 Å². The molecule has 0 spiro atoms. The quantitative estimate of drug-likeness (QED) is 0.338. The van der Waals surface area contributed by atoms with Crippen LogP contribution in [0.15, 0.2) is 33.7 Å². The number of aliphatic hydroxyl groups excluding tert-OH is 1. The topological polar surface area (TPSA) is 173 Å². The van der Waals surface area contributed by atoms with Crippen molar-refractivity contribution < 1.29 is 38.9 Å². The molecule has 15 heteroatoms. The van der Waals surface area contributed by atoms with Gasteiger partial charge in [-0.2, -0.15) is 0 Å². The first-order valence-corrected chi connectivity index (χ1v) is 14.4. The molecule has 1 aliphatic carbocycles. The number of hydrogen-bond donors (Lipinski definition) is 4. The molecule has 3 amide bonds. The fraction of sp³-hybridized carbons (Fsp3) is 0.444. The number of urea groups is 1. The fourth-order valence-electron chi connectivity index (χ4n) is 5.80. The number of amides is 3. The number of thioether (sulfide) groups is 1. The van der Waals surface area contributed by atoms with Crippen molar-refractivity contribution in [3.8, 4) is 0 Å². The third-order valence-electron chi connectivity index (χ3n) is 8.15. The van der Waals surface area contributed by atoms with E-state index < -0.39 is 58.1 Å². The predicted octanol–water partition coefficient (Wildman–Crippen LogP) is 1.21. The van der Waals surface area contributed by atoms with Crippen LogP contribution in [-0.2, 0) is 9.59 Å². The molecule has 2 aromatic rings. The third-order valence-corrected chi connectivity index (χ3v) is 9.52. The number of carbonyl (C=O) groups excluding carboxylic acids is 2. The number of hydrogen-bond acceptors (Lipinski definition) is 8. The summed E-state index contributed by atoms with van der Waals surface area (Å²) in [5, 5.41) is 31.2. The number of carboxylic acids is 2. The number of aromatic carboxylic acids is 1. The second-order valence-corrected chi connectivity index (χ2v) is 12.0. The van der Waals surface area contributed by atoms with Gasteiger partial charge in [-0.1, -0.05) is 11.8 Å². The summed E-state index contributed by atoms with van der Waals surface area (Å²) in [5.74, 6) is -4.49. The van der Waals surface area contributed by atoms with Crippen molar-refractivity contribution in [3.05, 3.63) is 50.5 Å². The molecule has 1 saturated carbocycles. The summed E-state index contributed by atoms with van der Waals surface area (Å²) < 4.78 is 17.0. The van der Waals surface area contributed by atoms with Crippen LogP contribution in [0, 0.1) is 11.7 Å². The van der Waals surface area contributed by atoms with E-state index in [4.69, 9.17) is 0 Å². The highest BCUT2D eigenvalue weighted by molar-refractivity contribution is 8.04. The Morgan fingerprint density at radius 3 is 2.38 bits per heavy atom. The van der Waals surface area contributed by atoms with Crippen LogP contribution in [0.1, 0.15) is 36.2 Å². The van der Waals surface area contributed by atoms with Gasteiger partial charge in [0, 0.05) is 48.7 Å². The van der Waals surface area contributed by atoms with Gasteiger partial charge in [0.1, 0.15) is 22.5 Å². The Balaban J connectivity index is 1.13. The predicted molar refractivity (Wildman–Crippen MR) is 149 cm³/mol. The molecule has 3 atom stereocenters. The van der Waals surface area contributed by atoms with Crippen LogP contribution < -0.4 is 15.6 Å². The number of aliphatic carboxylic acids is 1. The Hall–Kier alpha value is -4.11. The first kappa shape index (κ1) is 28.0. The molecular weight excluding hydrogens is 573 g/mol. The van der Waals surface area contributed by atoms with Gasteiger partial charge >= 0.3 is 18.0 Å². The van der Waals surface area contributed by atoms with E-state index in [1.165, 1.54) is 18.0 Å². The number of rotatable bonds is 7. The van der Waals surface area contributed by atoms with E-state index in [-0.39, 0.29) is 55.5 Å². The van der Waals surface area contributed by atoms with Crippen molar-refractivity contribution in [1.29, 1.82) is 0 Å². The Bertz CT molecular complexity index is 1630. The summed E-state index contributed by atoms with van der Waals surface area (Å²) in [4.78, 5) is 66.2. The molecule has 42 heavy (non-hydrogen) atoms. The molecule has 4 aliphatic rings. The fourth-order valence-corrected chi connectivity index (χ4v) is 7.35. The number of anilines is 1. The van der Waals surface area contributed by atoms with Gasteiger partial charge < -0.3 is 35.0 Å². The highest BCUT2D eigenvalue weighted by Crippen LogP contribution is 2.50. The number of pyridine rings is 1. The molecule has 6 rings (SSSR count). The monoisotopic (exact) mass is 601 g/mol. The minimum absolute atomic E-state index is 0.00658. The van der Waals surface area contributed by atoms with Gasteiger partial charge in [0.15, 0.2) is 0 Å². The first-order valence-electron chi connectivity index (χ1n) is 13.5. The van der Waals surface area contributed by atoms with Gasteiger partial charge in [-0.25, -0.2) is 18.8 Å². The number of carboxylic acid groups (broad SMARTS) is 2. The largest absolute Gasteiger partial charge is 0.477 e. The van der Waals surface area contributed by atoms with Crippen LogP contribution in [0.4, 0.5) is 14.9 Å². The number of nitrogens with zero attached hydrogens (tertiary/aromatic N) is 4. The van der Waals surface area contributed by atoms with E-state index in [1.54, 1.807) is 15.5 Å². The van der Waals surface area contributed by atoms with E-state index in [1.807, 2.05) is 0 Å². The number of benzene rings is 1. The maximum atomic E-state index is 15.3. The number of nitrogens with one attached hydrogen (secondary N) is 1. The van der Waals surface area contributed by atoms with Crippen LogP contribution in [0.2, 0.25) is 0 Å². The number of aromatic nitrogens is 1. The Kier molecular flexibility index (Phi) is 6.88. The van der Waals surface area contributed by atoms with Crippen molar-refractivity contribution in [3.63, 3.8) is 0 Å². The van der Waals surface area contributed by atoms with Gasteiger partial charge in [-0.05, 0) is 31.9 Å². The first-order chi connectivity index (χ1) is 20.0. The van der Waals surface area contributed by atoms with Crippen molar-refractivity contribution in [2.45, 2.75) is 37.3 Å². The van der Waals surface area contributed by atoms with E-state index in [2.05, 4.69) is 5.32 Å². The number of halogens is 1. The molecule has 4 N–H and O–H groups in total. The minimum atomic E-state index is -1.36. The summed E-state index contributed by atoms with van der Waals surface area (Å²) in [6, 6.07) is 2.25. The van der Waals surface area contributed by atoms with Gasteiger partial charge in [0.2, 0.25) is 11.3 Å². The summed E-state index contributed by atoms with van der Waals surface area (Å²) in [7, 11) is 0. The van der Waals surface area contributed by atoms with Crippen LogP contribution >= 0.6 is 11.8 Å². The number of piperazine rings is 1. The Morgan fingerprint density at radius 1 is 1.10 bits per heavy atom. The lowest BCUT2D eigenvalue weighted by atomic mass is 9.92. The van der Waals surface area contributed by atoms with E-state index >= 15 is 4.39 Å². The summed E-state index contributed by atoms with van der Waals surface area (Å²) in [5.41, 5.74) is -0.619. The second-order valence-electron chi connectivity index (χ2n) is 10.8. The van der Waals surface area contributed by atoms with Crippen LogP contribution in [-0.4, -0.2) is 97.8 Å². The van der Waals surface area contributed by atoms with Gasteiger partial charge in [0.05, 0.1) is 29.8 Å². The van der Waals surface area contributed by atoms with Gasteiger partial charge in [-0.3, -0.25) is 14.5 Å². The van der Waals surface area contributed by atoms with Crippen LogP contribution in [0.5, 0.6) is 0 Å². The van der Waals surface area contributed by atoms with Crippen LogP contribution in [0.3, 0.4) is 0 Å². The molecule has 3 aliphatic heterocycles. The average Bonchev–Trinajstić information content (AvgIpc) is 3.73. The molecule has 0 unspecified atom stereocenters. The van der Waals surface area contributed by atoms with Crippen molar-refractivity contribution in [1.82, 2.24) is 19.7 Å². The lowest BCUT2D eigenvalue weighted by Gasteiger charge is -2.43. The number of aliphatic hydroxyl groups is 1. The van der Waals surface area contributed by atoms with E-state index in [9.17, 15) is 39.3 Å². The number of carbonyl (C=O) groups is 4. The molecule has 2 saturated heterocycles. The molecule has 4 heterocycles. The zero-order valence-corrected chi connectivity index (χ0v) is 23.3. The smallest absolute Gasteiger partial charge is 0.353 e. The normalized spacial score (nSPS) is 22.7. The molecule has 1 aromatic carbocycles.